The molecule has 1 amide bonds. The monoisotopic (exact) mass is 287 g/mol. The Morgan fingerprint density at radius 2 is 2.25 bits per heavy atom. The molecule has 20 heavy (non-hydrogen) atoms. The van der Waals surface area contributed by atoms with Crippen LogP contribution in [0, 0.1) is 0 Å². The summed E-state index contributed by atoms with van der Waals surface area (Å²) in [6.45, 7) is 1.41. The zero-order valence-corrected chi connectivity index (χ0v) is 11.8. The van der Waals surface area contributed by atoms with Crippen molar-refractivity contribution in [3.63, 3.8) is 0 Å². The van der Waals surface area contributed by atoms with Crippen LogP contribution in [0.5, 0.6) is 0 Å². The van der Waals surface area contributed by atoms with E-state index in [1.807, 2.05) is 14.1 Å². The van der Waals surface area contributed by atoms with Crippen molar-refractivity contribution < 1.29 is 18.5 Å². The van der Waals surface area contributed by atoms with Crippen LogP contribution < -0.4 is 10.2 Å². The average Bonchev–Trinajstić information content (AvgIpc) is 3.10. The minimum Gasteiger partial charge on any atom is -0.349 e. The molecule has 0 spiro atoms. The lowest BCUT2D eigenvalue weighted by Gasteiger charge is -2.09. The van der Waals surface area contributed by atoms with E-state index in [4.69, 9.17) is 0 Å². The van der Waals surface area contributed by atoms with Gasteiger partial charge in [-0.05, 0) is 18.9 Å². The number of likely N-dealkylation sites (N-methyl/N-ethyl adjacent to an activating group) is 1. The Bertz CT molecular complexity index is 469. The molecule has 1 aromatic heterocycles. The van der Waals surface area contributed by atoms with Crippen molar-refractivity contribution in [2.24, 2.45) is 0 Å². The Morgan fingerprint density at radius 1 is 1.55 bits per heavy atom. The second-order valence-electron chi connectivity index (χ2n) is 5.53. The van der Waals surface area contributed by atoms with Crippen LogP contribution in [0.15, 0.2) is 6.07 Å². The molecule has 0 radical (unpaired) electrons. The van der Waals surface area contributed by atoms with Gasteiger partial charge in [0.15, 0.2) is 0 Å². The number of hydrogen-bond donors (Lipinski definition) is 2. The maximum Gasteiger partial charge on any atom is 0.282 e. The number of nitrogens with one attached hydrogen (secondary N) is 2. The third-order valence-corrected chi connectivity index (χ3v) is 3.29. The van der Waals surface area contributed by atoms with Gasteiger partial charge in [0.25, 0.3) is 6.43 Å². The number of nitrogens with zero attached hydrogens (tertiary/aromatic N) is 2. The molecule has 2 N–H and O–H groups in total. The van der Waals surface area contributed by atoms with E-state index in [1.54, 1.807) is 0 Å². The SMILES string of the molecule is C[NH+](C)CCNC(=O)Cn1nc(C(F)F)cc1C1CC1. The summed E-state index contributed by atoms with van der Waals surface area (Å²) in [7, 11) is 4.00. The predicted molar refractivity (Wildman–Crippen MR) is 69.8 cm³/mol. The van der Waals surface area contributed by atoms with Crippen molar-refractivity contribution in [1.82, 2.24) is 15.1 Å². The van der Waals surface area contributed by atoms with Crippen LogP contribution in [0.2, 0.25) is 0 Å². The molecule has 0 atom stereocenters. The predicted octanol–water partition coefficient (Wildman–Crippen LogP) is -0.0412. The molecule has 2 rings (SSSR count). The van der Waals surface area contributed by atoms with E-state index < -0.39 is 6.43 Å². The van der Waals surface area contributed by atoms with E-state index >= 15 is 0 Å². The molecule has 1 aliphatic carbocycles. The number of aromatic nitrogens is 2. The Morgan fingerprint density at radius 3 is 2.80 bits per heavy atom. The molecule has 1 saturated carbocycles. The second-order valence-corrected chi connectivity index (χ2v) is 5.53. The van der Waals surface area contributed by atoms with E-state index in [0.29, 0.717) is 6.54 Å². The van der Waals surface area contributed by atoms with Gasteiger partial charge in [-0.2, -0.15) is 5.10 Å². The zero-order valence-electron chi connectivity index (χ0n) is 11.8. The van der Waals surface area contributed by atoms with Crippen molar-refractivity contribution in [1.29, 1.82) is 0 Å². The Kier molecular flexibility index (Phi) is 4.69. The molecule has 0 bridgehead atoms. The third kappa shape index (κ3) is 4.00. The summed E-state index contributed by atoms with van der Waals surface area (Å²) in [4.78, 5) is 13.0. The number of alkyl halides is 2. The summed E-state index contributed by atoms with van der Waals surface area (Å²) in [6, 6.07) is 1.43. The van der Waals surface area contributed by atoms with Crippen LogP contribution >= 0.6 is 0 Å². The quantitative estimate of drug-likeness (QED) is 0.739. The summed E-state index contributed by atoms with van der Waals surface area (Å²) in [6.07, 6.45) is -0.617. The number of carbonyl (C=O) groups is 1. The van der Waals surface area contributed by atoms with Gasteiger partial charge in [0.2, 0.25) is 5.91 Å². The first-order valence-electron chi connectivity index (χ1n) is 6.89. The number of rotatable bonds is 7. The van der Waals surface area contributed by atoms with E-state index in [0.717, 1.165) is 25.1 Å². The summed E-state index contributed by atoms with van der Waals surface area (Å²) in [5.41, 5.74) is 0.520. The van der Waals surface area contributed by atoms with Crippen molar-refractivity contribution in [2.45, 2.75) is 31.7 Å². The van der Waals surface area contributed by atoms with Crippen molar-refractivity contribution in [3.8, 4) is 0 Å². The highest BCUT2D eigenvalue weighted by molar-refractivity contribution is 5.75. The molecular weight excluding hydrogens is 266 g/mol. The molecule has 5 nitrogen and oxygen atoms in total. The number of amides is 1. The highest BCUT2D eigenvalue weighted by Crippen LogP contribution is 2.41. The van der Waals surface area contributed by atoms with E-state index in [1.165, 1.54) is 15.6 Å². The zero-order chi connectivity index (χ0) is 14.7. The molecule has 1 aromatic rings. The average molecular weight is 287 g/mol. The van der Waals surface area contributed by atoms with E-state index in [-0.39, 0.29) is 24.1 Å². The fourth-order valence-corrected chi connectivity index (χ4v) is 2.04. The molecule has 1 heterocycles. The first-order chi connectivity index (χ1) is 9.47. The van der Waals surface area contributed by atoms with Gasteiger partial charge in [-0.15, -0.1) is 0 Å². The minimum absolute atomic E-state index is 0.0152. The normalized spacial score (nSPS) is 15.1. The highest BCUT2D eigenvalue weighted by atomic mass is 19.3. The second kappa shape index (κ2) is 6.30. The van der Waals surface area contributed by atoms with Crippen molar-refractivity contribution >= 4 is 5.91 Å². The number of quaternary nitrogens is 1. The van der Waals surface area contributed by atoms with Gasteiger partial charge in [0.05, 0.1) is 27.2 Å². The Balaban J connectivity index is 1.95. The highest BCUT2D eigenvalue weighted by Gasteiger charge is 2.30. The smallest absolute Gasteiger partial charge is 0.282 e. The Labute approximate surface area is 116 Å². The van der Waals surface area contributed by atoms with Crippen LogP contribution in [0.4, 0.5) is 8.78 Å². The molecule has 112 valence electrons. The lowest BCUT2D eigenvalue weighted by atomic mass is 10.2. The lowest BCUT2D eigenvalue weighted by Crippen LogP contribution is -3.06. The first kappa shape index (κ1) is 14.9. The number of halogens is 2. The van der Waals surface area contributed by atoms with Gasteiger partial charge in [-0.3, -0.25) is 9.48 Å². The number of carbonyl (C=O) groups excluding carboxylic acids is 1. The van der Waals surface area contributed by atoms with Crippen LogP contribution in [0.3, 0.4) is 0 Å². The fraction of sp³-hybridized carbons (Fsp3) is 0.692. The molecule has 0 aromatic carbocycles. The number of hydrogen-bond acceptors (Lipinski definition) is 2. The maximum absolute atomic E-state index is 12.7. The minimum atomic E-state index is -2.59. The van der Waals surface area contributed by atoms with Crippen LogP contribution in [0.1, 0.15) is 36.6 Å². The molecule has 0 saturated heterocycles. The molecule has 0 unspecified atom stereocenters. The largest absolute Gasteiger partial charge is 0.349 e. The van der Waals surface area contributed by atoms with Gasteiger partial charge >= 0.3 is 0 Å². The summed E-state index contributed by atoms with van der Waals surface area (Å²) >= 11 is 0. The lowest BCUT2D eigenvalue weighted by molar-refractivity contribution is -0.856. The van der Waals surface area contributed by atoms with Gasteiger partial charge in [0.1, 0.15) is 12.2 Å². The van der Waals surface area contributed by atoms with Crippen molar-refractivity contribution in [3.05, 3.63) is 17.5 Å². The standard InChI is InChI=1S/C13H20F2N4O/c1-18(2)6-5-16-12(20)8-19-11(9-3-4-9)7-10(17-19)13(14)15/h7,9,13H,3-6,8H2,1-2H3,(H,16,20)/p+1. The van der Waals surface area contributed by atoms with Gasteiger partial charge in [-0.1, -0.05) is 0 Å². The van der Waals surface area contributed by atoms with Gasteiger partial charge in [0, 0.05) is 11.6 Å². The molecule has 7 heteroatoms. The third-order valence-electron chi connectivity index (χ3n) is 3.29. The summed E-state index contributed by atoms with van der Waals surface area (Å²) in [5, 5.41) is 6.63. The maximum atomic E-state index is 12.7. The van der Waals surface area contributed by atoms with Gasteiger partial charge < -0.3 is 10.2 Å². The Hall–Kier alpha value is -1.50. The molecule has 1 fully saturated rings. The molecule has 1 aliphatic rings. The van der Waals surface area contributed by atoms with Gasteiger partial charge in [-0.25, -0.2) is 8.78 Å². The van der Waals surface area contributed by atoms with Crippen LogP contribution in [-0.2, 0) is 11.3 Å². The van der Waals surface area contributed by atoms with Crippen molar-refractivity contribution in [2.75, 3.05) is 27.2 Å². The molecular formula is C13H21F2N4O+. The fourth-order valence-electron chi connectivity index (χ4n) is 2.04. The topological polar surface area (TPSA) is 51.4 Å². The van der Waals surface area contributed by atoms with Crippen LogP contribution in [0.25, 0.3) is 0 Å². The van der Waals surface area contributed by atoms with Crippen LogP contribution in [-0.4, -0.2) is 42.9 Å². The summed E-state index contributed by atoms with van der Waals surface area (Å²) < 4.78 is 26.8. The van der Waals surface area contributed by atoms with E-state index in [2.05, 4.69) is 10.4 Å². The van der Waals surface area contributed by atoms with E-state index in [9.17, 15) is 13.6 Å². The molecule has 0 aliphatic heterocycles. The summed E-state index contributed by atoms with van der Waals surface area (Å²) in [5.74, 6) is 0.103. The first-order valence-corrected chi connectivity index (χ1v) is 6.89.